The van der Waals surface area contributed by atoms with Crippen LogP contribution in [-0.4, -0.2) is 61.8 Å². The molecule has 2 aliphatic rings. The second-order valence-corrected chi connectivity index (χ2v) is 7.42. The molecule has 160 valence electrons. The summed E-state index contributed by atoms with van der Waals surface area (Å²) < 4.78 is 5.38. The van der Waals surface area contributed by atoms with E-state index < -0.39 is 0 Å². The Balaban J connectivity index is 0.00000196. The molecular formula is C19H33Cl2N5O2. The molecule has 0 unspecified atom stereocenters. The molecule has 2 aliphatic heterocycles. The highest BCUT2D eigenvalue weighted by molar-refractivity contribution is 5.85. The third-order valence-corrected chi connectivity index (χ3v) is 5.69. The Morgan fingerprint density at radius 1 is 1.29 bits per heavy atom. The van der Waals surface area contributed by atoms with Crippen LogP contribution in [0.25, 0.3) is 0 Å². The van der Waals surface area contributed by atoms with E-state index in [4.69, 9.17) is 4.74 Å². The lowest BCUT2D eigenvalue weighted by molar-refractivity contribution is -0.137. The number of aryl methyl sites for hydroxylation is 1. The molecule has 0 saturated carbocycles. The van der Waals surface area contributed by atoms with Gasteiger partial charge in [0, 0.05) is 38.0 Å². The van der Waals surface area contributed by atoms with Crippen LogP contribution in [0.5, 0.6) is 0 Å². The summed E-state index contributed by atoms with van der Waals surface area (Å²) in [4.78, 5) is 23.9. The van der Waals surface area contributed by atoms with Gasteiger partial charge in [-0.3, -0.25) is 4.79 Å². The molecule has 7 nitrogen and oxygen atoms in total. The van der Waals surface area contributed by atoms with Gasteiger partial charge in [-0.2, -0.15) is 0 Å². The number of carbonyl (C=O) groups excluding carboxylic acids is 1. The first-order chi connectivity index (χ1) is 12.7. The zero-order valence-electron chi connectivity index (χ0n) is 16.8. The second-order valence-electron chi connectivity index (χ2n) is 7.42. The molecule has 2 fully saturated rings. The fourth-order valence-electron chi connectivity index (χ4n) is 3.96. The molecule has 1 aromatic heterocycles. The highest BCUT2D eigenvalue weighted by atomic mass is 35.5. The van der Waals surface area contributed by atoms with Crippen molar-refractivity contribution in [3.8, 4) is 0 Å². The van der Waals surface area contributed by atoms with E-state index in [9.17, 15) is 4.79 Å². The lowest BCUT2D eigenvalue weighted by Gasteiger charge is -2.39. The Bertz CT molecular complexity index is 600. The fraction of sp³-hybridized carbons (Fsp3) is 0.737. The van der Waals surface area contributed by atoms with Crippen LogP contribution in [-0.2, 0) is 16.0 Å². The maximum atomic E-state index is 13.0. The topological polar surface area (TPSA) is 79.4 Å². The van der Waals surface area contributed by atoms with Crippen LogP contribution in [0.15, 0.2) is 12.4 Å². The predicted molar refractivity (Wildman–Crippen MR) is 116 cm³/mol. The van der Waals surface area contributed by atoms with E-state index in [1.807, 2.05) is 0 Å². The first-order valence-corrected chi connectivity index (χ1v) is 9.73. The summed E-state index contributed by atoms with van der Waals surface area (Å²) in [7, 11) is 1.68. The third kappa shape index (κ3) is 5.92. The molecule has 0 spiro atoms. The minimum Gasteiger partial charge on any atom is -0.384 e. The predicted octanol–water partition coefficient (Wildman–Crippen LogP) is 1.98. The Morgan fingerprint density at radius 2 is 1.96 bits per heavy atom. The molecule has 2 saturated heterocycles. The van der Waals surface area contributed by atoms with Gasteiger partial charge in [-0.1, -0.05) is 6.92 Å². The third-order valence-electron chi connectivity index (χ3n) is 5.69. The van der Waals surface area contributed by atoms with Crippen LogP contribution < -0.4 is 15.5 Å². The summed E-state index contributed by atoms with van der Waals surface area (Å²) in [6.45, 7) is 6.17. The summed E-state index contributed by atoms with van der Waals surface area (Å²) in [6.07, 6.45) is 6.13. The highest BCUT2D eigenvalue weighted by Gasteiger charge is 2.40. The number of anilines is 1. The number of hydrogen-bond acceptors (Lipinski definition) is 6. The summed E-state index contributed by atoms with van der Waals surface area (Å²) >= 11 is 0. The van der Waals surface area contributed by atoms with Crippen LogP contribution in [0.2, 0.25) is 0 Å². The van der Waals surface area contributed by atoms with Gasteiger partial charge in [-0.15, -0.1) is 24.8 Å². The number of aromatic nitrogens is 2. The standard InChI is InChI=1S/C19H31N5O2.2ClH/c1-3-15-12-17(22-14-21-15)24-10-4-16(5-11-24)23-18(25)19(13-26-2)6-8-20-9-7-19;;/h12,14,16,20H,3-11,13H2,1-2H3,(H,23,25);2*1H. The van der Waals surface area contributed by atoms with E-state index in [0.717, 1.165) is 69.8 Å². The van der Waals surface area contributed by atoms with Crippen molar-refractivity contribution >= 4 is 36.5 Å². The Labute approximate surface area is 180 Å². The van der Waals surface area contributed by atoms with Crippen molar-refractivity contribution in [1.82, 2.24) is 20.6 Å². The number of ether oxygens (including phenoxy) is 1. The molecule has 2 N–H and O–H groups in total. The first kappa shape index (κ1) is 24.9. The van der Waals surface area contributed by atoms with Crippen molar-refractivity contribution in [3.63, 3.8) is 0 Å². The van der Waals surface area contributed by atoms with Crippen LogP contribution in [0.4, 0.5) is 5.82 Å². The van der Waals surface area contributed by atoms with Gasteiger partial charge in [-0.05, 0) is 45.2 Å². The molecule has 3 rings (SSSR count). The number of amides is 1. The zero-order valence-corrected chi connectivity index (χ0v) is 18.4. The summed E-state index contributed by atoms with van der Waals surface area (Å²) in [5.41, 5.74) is 0.692. The molecule has 0 aliphatic carbocycles. The number of carbonyl (C=O) groups is 1. The average Bonchev–Trinajstić information content (AvgIpc) is 2.69. The molecular weight excluding hydrogens is 401 g/mol. The number of rotatable bonds is 6. The lowest BCUT2D eigenvalue weighted by Crippen LogP contribution is -2.54. The van der Waals surface area contributed by atoms with Gasteiger partial charge in [-0.25, -0.2) is 9.97 Å². The van der Waals surface area contributed by atoms with Gasteiger partial charge in [0.1, 0.15) is 12.1 Å². The lowest BCUT2D eigenvalue weighted by atomic mass is 9.78. The molecule has 9 heteroatoms. The molecule has 0 radical (unpaired) electrons. The molecule has 0 aromatic carbocycles. The molecule has 0 bridgehead atoms. The van der Waals surface area contributed by atoms with Crippen LogP contribution >= 0.6 is 24.8 Å². The summed E-state index contributed by atoms with van der Waals surface area (Å²) in [5.74, 6) is 1.16. The number of methoxy groups -OCH3 is 1. The van der Waals surface area contributed by atoms with Crippen LogP contribution in [0.3, 0.4) is 0 Å². The van der Waals surface area contributed by atoms with Gasteiger partial charge in [0.2, 0.25) is 5.91 Å². The smallest absolute Gasteiger partial charge is 0.228 e. The van der Waals surface area contributed by atoms with E-state index in [2.05, 4.69) is 38.5 Å². The Morgan fingerprint density at radius 3 is 2.57 bits per heavy atom. The first-order valence-electron chi connectivity index (χ1n) is 9.73. The monoisotopic (exact) mass is 433 g/mol. The zero-order chi connectivity index (χ0) is 18.4. The molecule has 28 heavy (non-hydrogen) atoms. The van der Waals surface area contributed by atoms with E-state index in [1.165, 1.54) is 0 Å². The van der Waals surface area contributed by atoms with Gasteiger partial charge in [0.15, 0.2) is 0 Å². The quantitative estimate of drug-likeness (QED) is 0.713. The minimum atomic E-state index is -0.375. The van der Waals surface area contributed by atoms with Crippen molar-refractivity contribution in [2.75, 3.05) is 44.8 Å². The molecule has 3 heterocycles. The van der Waals surface area contributed by atoms with Gasteiger partial charge in [0.05, 0.1) is 12.0 Å². The summed E-state index contributed by atoms with van der Waals surface area (Å²) in [5, 5.41) is 6.64. The van der Waals surface area contributed by atoms with Gasteiger partial charge < -0.3 is 20.3 Å². The fourth-order valence-corrected chi connectivity index (χ4v) is 3.96. The van der Waals surface area contributed by atoms with E-state index in [0.29, 0.717) is 6.61 Å². The van der Waals surface area contributed by atoms with Crippen molar-refractivity contribution in [2.24, 2.45) is 5.41 Å². The Kier molecular flexibility index (Phi) is 10.4. The number of nitrogens with one attached hydrogen (secondary N) is 2. The van der Waals surface area contributed by atoms with Crippen molar-refractivity contribution < 1.29 is 9.53 Å². The number of piperidine rings is 2. The molecule has 0 atom stereocenters. The second kappa shape index (κ2) is 11.8. The molecule has 1 amide bonds. The van der Waals surface area contributed by atoms with Crippen molar-refractivity contribution in [3.05, 3.63) is 18.1 Å². The summed E-state index contributed by atoms with van der Waals surface area (Å²) in [6, 6.07) is 2.30. The maximum absolute atomic E-state index is 13.0. The van der Waals surface area contributed by atoms with Crippen molar-refractivity contribution in [2.45, 2.75) is 45.1 Å². The largest absolute Gasteiger partial charge is 0.384 e. The van der Waals surface area contributed by atoms with E-state index in [1.54, 1.807) is 13.4 Å². The highest BCUT2D eigenvalue weighted by Crippen LogP contribution is 2.30. The normalized spacial score (nSPS) is 19.3. The number of hydrogen-bond donors (Lipinski definition) is 2. The van der Waals surface area contributed by atoms with Crippen LogP contribution in [0.1, 0.15) is 38.3 Å². The van der Waals surface area contributed by atoms with Gasteiger partial charge >= 0.3 is 0 Å². The van der Waals surface area contributed by atoms with Crippen LogP contribution in [0, 0.1) is 5.41 Å². The SMILES string of the molecule is CCc1cc(N2CCC(NC(=O)C3(COC)CCNCC3)CC2)ncn1.Cl.Cl. The van der Waals surface area contributed by atoms with Gasteiger partial charge in [0.25, 0.3) is 0 Å². The average molecular weight is 434 g/mol. The maximum Gasteiger partial charge on any atom is 0.228 e. The molecule has 1 aromatic rings. The Hall–Kier alpha value is -1.15. The van der Waals surface area contributed by atoms with E-state index in [-0.39, 0.29) is 42.2 Å². The number of nitrogens with zero attached hydrogens (tertiary/aromatic N) is 3. The number of halogens is 2. The van der Waals surface area contributed by atoms with Crippen molar-refractivity contribution in [1.29, 1.82) is 0 Å². The minimum absolute atomic E-state index is 0. The van der Waals surface area contributed by atoms with E-state index >= 15 is 0 Å².